The van der Waals surface area contributed by atoms with Crippen LogP contribution in [0.15, 0.2) is 30.3 Å². The van der Waals surface area contributed by atoms with Crippen molar-refractivity contribution in [3.8, 4) is 5.75 Å². The minimum absolute atomic E-state index is 0.307. The molecule has 0 aromatic heterocycles. The molecule has 0 atom stereocenters. The second kappa shape index (κ2) is 4.57. The molecule has 1 rings (SSSR count). The van der Waals surface area contributed by atoms with Crippen molar-refractivity contribution in [2.75, 3.05) is 13.6 Å². The smallest absolute Gasteiger partial charge is 0.116 e. The molecule has 0 spiro atoms. The largest absolute Gasteiger partial charge is 0.508 e. The van der Waals surface area contributed by atoms with E-state index in [1.54, 1.807) is 12.1 Å². The lowest BCUT2D eigenvalue weighted by Crippen LogP contribution is -2.03. The standard InChI is InChI=1S/C10H13NO/c1-11-7-3-5-9-4-2-6-10(12)8-9/h2-6,8,11-12H,7H2,1H3/b5-3+. The maximum Gasteiger partial charge on any atom is 0.116 e. The molecule has 64 valence electrons. The van der Waals surface area contributed by atoms with E-state index in [9.17, 15) is 0 Å². The summed E-state index contributed by atoms with van der Waals surface area (Å²) in [6.07, 6.45) is 3.98. The molecule has 0 fully saturated rings. The summed E-state index contributed by atoms with van der Waals surface area (Å²) in [5, 5.41) is 12.1. The Labute approximate surface area is 72.5 Å². The highest BCUT2D eigenvalue weighted by atomic mass is 16.3. The van der Waals surface area contributed by atoms with E-state index in [1.165, 1.54) is 0 Å². The highest BCUT2D eigenvalue weighted by Gasteiger charge is 1.87. The molecule has 1 aromatic rings. The van der Waals surface area contributed by atoms with Crippen LogP contribution >= 0.6 is 0 Å². The van der Waals surface area contributed by atoms with Crippen LogP contribution in [0.1, 0.15) is 5.56 Å². The van der Waals surface area contributed by atoms with Crippen LogP contribution in [0.2, 0.25) is 0 Å². The lowest BCUT2D eigenvalue weighted by atomic mass is 10.2. The van der Waals surface area contributed by atoms with Crippen LogP contribution in [0.5, 0.6) is 5.75 Å². The fourth-order valence-corrected chi connectivity index (χ4v) is 0.941. The second-order valence-electron chi connectivity index (χ2n) is 2.56. The molecule has 2 nitrogen and oxygen atoms in total. The lowest BCUT2D eigenvalue weighted by molar-refractivity contribution is 0.475. The molecule has 2 heteroatoms. The van der Waals surface area contributed by atoms with Crippen LogP contribution in [0, 0.1) is 0 Å². The van der Waals surface area contributed by atoms with Gasteiger partial charge < -0.3 is 10.4 Å². The minimum Gasteiger partial charge on any atom is -0.508 e. The van der Waals surface area contributed by atoms with Gasteiger partial charge in [-0.15, -0.1) is 0 Å². The van der Waals surface area contributed by atoms with Crippen LogP contribution < -0.4 is 5.32 Å². The molecule has 0 bridgehead atoms. The van der Waals surface area contributed by atoms with E-state index < -0.39 is 0 Å². The van der Waals surface area contributed by atoms with Crippen molar-refractivity contribution in [3.05, 3.63) is 35.9 Å². The van der Waals surface area contributed by atoms with Crippen LogP contribution in [0.4, 0.5) is 0 Å². The van der Waals surface area contributed by atoms with Crippen LogP contribution in [0.25, 0.3) is 6.08 Å². The number of hydrogen-bond donors (Lipinski definition) is 2. The normalized spacial score (nSPS) is 10.8. The first kappa shape index (κ1) is 8.81. The number of phenolic OH excluding ortho intramolecular Hbond substituents is 1. The average molecular weight is 163 g/mol. The maximum absolute atomic E-state index is 9.12. The Hall–Kier alpha value is -1.28. The number of hydrogen-bond acceptors (Lipinski definition) is 2. The third-order valence-electron chi connectivity index (χ3n) is 1.50. The molecule has 0 unspecified atom stereocenters. The fourth-order valence-electron chi connectivity index (χ4n) is 0.941. The Kier molecular flexibility index (Phi) is 3.35. The van der Waals surface area contributed by atoms with Gasteiger partial charge in [-0.1, -0.05) is 24.3 Å². The van der Waals surface area contributed by atoms with Crippen molar-refractivity contribution in [2.45, 2.75) is 0 Å². The molecule has 0 saturated heterocycles. The fraction of sp³-hybridized carbons (Fsp3) is 0.200. The van der Waals surface area contributed by atoms with Crippen molar-refractivity contribution in [1.82, 2.24) is 5.32 Å². The Balaban J connectivity index is 2.63. The Morgan fingerprint density at radius 2 is 2.33 bits per heavy atom. The molecular formula is C10H13NO. The Morgan fingerprint density at radius 3 is 3.00 bits per heavy atom. The number of rotatable bonds is 3. The van der Waals surface area contributed by atoms with Gasteiger partial charge >= 0.3 is 0 Å². The zero-order chi connectivity index (χ0) is 8.81. The van der Waals surface area contributed by atoms with Gasteiger partial charge in [0, 0.05) is 6.54 Å². The molecule has 0 aliphatic carbocycles. The van der Waals surface area contributed by atoms with Gasteiger partial charge in [0.25, 0.3) is 0 Å². The first-order chi connectivity index (χ1) is 5.83. The first-order valence-electron chi connectivity index (χ1n) is 3.93. The summed E-state index contributed by atoms with van der Waals surface area (Å²) in [6.45, 7) is 0.843. The summed E-state index contributed by atoms with van der Waals surface area (Å²) < 4.78 is 0. The molecular weight excluding hydrogens is 150 g/mol. The molecule has 1 aromatic carbocycles. The summed E-state index contributed by atoms with van der Waals surface area (Å²) in [4.78, 5) is 0. The van der Waals surface area contributed by atoms with E-state index >= 15 is 0 Å². The van der Waals surface area contributed by atoms with Gasteiger partial charge in [0.1, 0.15) is 5.75 Å². The summed E-state index contributed by atoms with van der Waals surface area (Å²) in [7, 11) is 1.90. The first-order valence-corrected chi connectivity index (χ1v) is 3.93. The van der Waals surface area contributed by atoms with Crippen molar-refractivity contribution in [3.63, 3.8) is 0 Å². The van der Waals surface area contributed by atoms with Gasteiger partial charge in [0.15, 0.2) is 0 Å². The van der Waals surface area contributed by atoms with Gasteiger partial charge in [0.2, 0.25) is 0 Å². The third kappa shape index (κ3) is 2.76. The second-order valence-corrected chi connectivity index (χ2v) is 2.56. The molecule has 0 aliphatic heterocycles. The van der Waals surface area contributed by atoms with Crippen LogP contribution in [-0.2, 0) is 0 Å². The summed E-state index contributed by atoms with van der Waals surface area (Å²) in [5.74, 6) is 0.307. The van der Waals surface area contributed by atoms with Crippen molar-refractivity contribution in [2.24, 2.45) is 0 Å². The molecule has 0 radical (unpaired) electrons. The van der Waals surface area contributed by atoms with Crippen molar-refractivity contribution in [1.29, 1.82) is 0 Å². The highest BCUT2D eigenvalue weighted by molar-refractivity contribution is 5.51. The zero-order valence-electron chi connectivity index (χ0n) is 7.12. The van der Waals surface area contributed by atoms with Crippen molar-refractivity contribution >= 4 is 6.08 Å². The molecule has 0 heterocycles. The van der Waals surface area contributed by atoms with E-state index in [4.69, 9.17) is 5.11 Å². The van der Waals surface area contributed by atoms with Crippen molar-refractivity contribution < 1.29 is 5.11 Å². The average Bonchev–Trinajstić information content (AvgIpc) is 2.05. The summed E-state index contributed by atoms with van der Waals surface area (Å²) in [5.41, 5.74) is 1.02. The highest BCUT2D eigenvalue weighted by Crippen LogP contribution is 2.11. The predicted molar refractivity (Wildman–Crippen MR) is 51.1 cm³/mol. The molecule has 12 heavy (non-hydrogen) atoms. The van der Waals surface area contributed by atoms with Gasteiger partial charge in [-0.2, -0.15) is 0 Å². The number of likely N-dealkylation sites (N-methyl/N-ethyl adjacent to an activating group) is 1. The number of aromatic hydroxyl groups is 1. The van der Waals surface area contributed by atoms with Gasteiger partial charge in [0.05, 0.1) is 0 Å². The molecule has 0 amide bonds. The zero-order valence-corrected chi connectivity index (χ0v) is 7.12. The third-order valence-corrected chi connectivity index (χ3v) is 1.50. The molecule has 2 N–H and O–H groups in total. The lowest BCUT2D eigenvalue weighted by Gasteiger charge is -1.94. The van der Waals surface area contributed by atoms with Crippen LogP contribution in [0.3, 0.4) is 0 Å². The Morgan fingerprint density at radius 1 is 1.50 bits per heavy atom. The van der Waals surface area contributed by atoms with Gasteiger partial charge in [-0.25, -0.2) is 0 Å². The van der Waals surface area contributed by atoms with E-state index in [2.05, 4.69) is 5.32 Å². The topological polar surface area (TPSA) is 32.3 Å². The van der Waals surface area contributed by atoms with Crippen LogP contribution in [-0.4, -0.2) is 18.7 Å². The maximum atomic E-state index is 9.12. The van der Waals surface area contributed by atoms with Gasteiger partial charge in [-0.05, 0) is 24.7 Å². The Bertz CT molecular complexity index is 268. The van der Waals surface area contributed by atoms with Gasteiger partial charge in [-0.3, -0.25) is 0 Å². The summed E-state index contributed by atoms with van der Waals surface area (Å²) in [6, 6.07) is 7.17. The quantitative estimate of drug-likeness (QED) is 0.709. The van der Waals surface area contributed by atoms with E-state index in [-0.39, 0.29) is 0 Å². The number of nitrogens with one attached hydrogen (secondary N) is 1. The van der Waals surface area contributed by atoms with E-state index in [1.807, 2.05) is 31.3 Å². The SMILES string of the molecule is CNC/C=C/c1cccc(O)c1. The minimum atomic E-state index is 0.307. The molecule has 0 aliphatic rings. The summed E-state index contributed by atoms with van der Waals surface area (Å²) >= 11 is 0. The number of benzene rings is 1. The van der Waals surface area contributed by atoms with E-state index in [0.29, 0.717) is 5.75 Å². The van der Waals surface area contributed by atoms with E-state index in [0.717, 1.165) is 12.1 Å². The predicted octanol–water partition coefficient (Wildman–Crippen LogP) is 1.62. The molecule has 0 saturated carbocycles. The monoisotopic (exact) mass is 163 g/mol. The number of phenols is 1.